The standard InChI is InChI=1S/C12H16N2O6/c1-6(2)11(17)20-8(4)14-10(16)9(15)13(12(14)18)7(3)19-5/h7-8H,1H2,2-5H3. The molecule has 0 N–H and O–H groups in total. The smallest absolute Gasteiger partial charge is 0.339 e. The van der Waals surface area contributed by atoms with Crippen LogP contribution in [0.2, 0.25) is 0 Å². The molecule has 0 spiro atoms. The minimum atomic E-state index is -1.21. The Labute approximate surface area is 115 Å². The molecule has 2 atom stereocenters. The van der Waals surface area contributed by atoms with Gasteiger partial charge in [0.25, 0.3) is 0 Å². The molecule has 20 heavy (non-hydrogen) atoms. The van der Waals surface area contributed by atoms with Crippen LogP contribution >= 0.6 is 0 Å². The maximum atomic E-state index is 12.0. The fourth-order valence-electron chi connectivity index (χ4n) is 1.55. The molecule has 0 bridgehead atoms. The van der Waals surface area contributed by atoms with E-state index in [0.717, 1.165) is 0 Å². The van der Waals surface area contributed by atoms with Crippen LogP contribution in [-0.2, 0) is 23.9 Å². The second-order valence-corrected chi connectivity index (χ2v) is 4.25. The van der Waals surface area contributed by atoms with E-state index in [1.54, 1.807) is 0 Å². The number of hydrogen-bond donors (Lipinski definition) is 0. The van der Waals surface area contributed by atoms with Crippen molar-refractivity contribution in [3.63, 3.8) is 0 Å². The van der Waals surface area contributed by atoms with E-state index in [9.17, 15) is 19.2 Å². The minimum absolute atomic E-state index is 0.115. The molecular weight excluding hydrogens is 268 g/mol. The third kappa shape index (κ3) is 2.69. The SMILES string of the molecule is C=C(C)C(=O)OC(C)N1C(=O)C(=O)N(C(C)OC)C1=O. The Hall–Kier alpha value is -2.22. The van der Waals surface area contributed by atoms with Gasteiger partial charge in [-0.25, -0.2) is 19.4 Å². The van der Waals surface area contributed by atoms with Crippen molar-refractivity contribution in [2.75, 3.05) is 7.11 Å². The third-order valence-corrected chi connectivity index (χ3v) is 2.73. The van der Waals surface area contributed by atoms with Crippen molar-refractivity contribution >= 4 is 23.8 Å². The fraction of sp³-hybridized carbons (Fsp3) is 0.500. The molecule has 0 saturated carbocycles. The highest BCUT2D eigenvalue weighted by Crippen LogP contribution is 2.19. The van der Waals surface area contributed by atoms with Gasteiger partial charge in [-0.05, 0) is 20.8 Å². The topological polar surface area (TPSA) is 93.2 Å². The summed E-state index contributed by atoms with van der Waals surface area (Å²) >= 11 is 0. The van der Waals surface area contributed by atoms with Gasteiger partial charge in [0.15, 0.2) is 6.23 Å². The Kier molecular flexibility index (Phi) is 4.61. The van der Waals surface area contributed by atoms with E-state index in [-0.39, 0.29) is 5.57 Å². The summed E-state index contributed by atoms with van der Waals surface area (Å²) in [5.74, 6) is -2.85. The first-order valence-electron chi connectivity index (χ1n) is 5.82. The summed E-state index contributed by atoms with van der Waals surface area (Å²) in [6.07, 6.45) is -2.11. The number of carbonyl (C=O) groups excluding carboxylic acids is 4. The lowest BCUT2D eigenvalue weighted by Crippen LogP contribution is -2.44. The number of rotatable bonds is 5. The van der Waals surface area contributed by atoms with Gasteiger partial charge >= 0.3 is 23.8 Å². The number of ether oxygens (including phenoxy) is 2. The third-order valence-electron chi connectivity index (χ3n) is 2.73. The van der Waals surface area contributed by atoms with Crippen LogP contribution in [0.25, 0.3) is 0 Å². The molecule has 0 aliphatic carbocycles. The van der Waals surface area contributed by atoms with Gasteiger partial charge in [0.05, 0.1) is 0 Å². The summed E-state index contributed by atoms with van der Waals surface area (Å²) in [4.78, 5) is 48.2. The molecule has 1 rings (SSSR count). The van der Waals surface area contributed by atoms with E-state index in [0.29, 0.717) is 9.80 Å². The highest BCUT2D eigenvalue weighted by molar-refractivity contribution is 6.44. The molecule has 8 heteroatoms. The molecular formula is C12H16N2O6. The number of nitrogens with zero attached hydrogens (tertiary/aromatic N) is 2. The number of urea groups is 1. The van der Waals surface area contributed by atoms with Crippen LogP contribution in [0, 0.1) is 0 Å². The van der Waals surface area contributed by atoms with Gasteiger partial charge in [-0.15, -0.1) is 0 Å². The van der Waals surface area contributed by atoms with Crippen LogP contribution in [0.5, 0.6) is 0 Å². The summed E-state index contributed by atoms with van der Waals surface area (Å²) in [7, 11) is 1.29. The zero-order chi connectivity index (χ0) is 15.6. The van der Waals surface area contributed by atoms with Crippen molar-refractivity contribution in [3.05, 3.63) is 12.2 Å². The molecule has 0 aromatic carbocycles. The largest absolute Gasteiger partial charge is 0.438 e. The Morgan fingerprint density at radius 1 is 1.10 bits per heavy atom. The van der Waals surface area contributed by atoms with Crippen molar-refractivity contribution in [2.24, 2.45) is 0 Å². The Balaban J connectivity index is 2.94. The molecule has 0 aromatic heterocycles. The highest BCUT2D eigenvalue weighted by Gasteiger charge is 2.49. The summed E-state index contributed by atoms with van der Waals surface area (Å²) in [5.41, 5.74) is 0.115. The summed E-state index contributed by atoms with van der Waals surface area (Å²) in [6.45, 7) is 7.56. The number of esters is 1. The van der Waals surface area contributed by atoms with Crippen LogP contribution in [0.3, 0.4) is 0 Å². The molecule has 1 heterocycles. The van der Waals surface area contributed by atoms with Gasteiger partial charge < -0.3 is 9.47 Å². The minimum Gasteiger partial charge on any atom is -0.438 e. The van der Waals surface area contributed by atoms with Crippen LogP contribution in [-0.4, -0.2) is 53.2 Å². The normalized spacial score (nSPS) is 18.3. The molecule has 4 amide bonds. The van der Waals surface area contributed by atoms with Gasteiger partial charge in [-0.3, -0.25) is 9.59 Å². The fourth-order valence-corrected chi connectivity index (χ4v) is 1.55. The molecule has 1 fully saturated rings. The lowest BCUT2D eigenvalue weighted by atomic mass is 10.3. The van der Waals surface area contributed by atoms with Crippen LogP contribution in [0.15, 0.2) is 12.2 Å². The van der Waals surface area contributed by atoms with E-state index >= 15 is 0 Å². The van der Waals surface area contributed by atoms with Crippen LogP contribution in [0.4, 0.5) is 4.79 Å². The predicted octanol–water partition coefficient (Wildman–Crippen LogP) is 0.235. The zero-order valence-corrected chi connectivity index (χ0v) is 11.7. The predicted molar refractivity (Wildman–Crippen MR) is 65.9 cm³/mol. The Bertz CT molecular complexity index is 486. The van der Waals surface area contributed by atoms with E-state index in [4.69, 9.17) is 9.47 Å². The van der Waals surface area contributed by atoms with Crippen LogP contribution in [0.1, 0.15) is 20.8 Å². The van der Waals surface area contributed by atoms with Gasteiger partial charge in [0.2, 0.25) is 0 Å². The zero-order valence-electron chi connectivity index (χ0n) is 11.7. The number of hydrogen-bond acceptors (Lipinski definition) is 6. The first-order valence-corrected chi connectivity index (χ1v) is 5.82. The van der Waals surface area contributed by atoms with Gasteiger partial charge in [-0.2, -0.15) is 0 Å². The monoisotopic (exact) mass is 284 g/mol. The first kappa shape index (κ1) is 15.8. The van der Waals surface area contributed by atoms with E-state index in [1.165, 1.54) is 27.9 Å². The average molecular weight is 284 g/mol. The molecule has 1 aliphatic heterocycles. The molecule has 1 aliphatic rings. The van der Waals surface area contributed by atoms with E-state index in [1.807, 2.05) is 0 Å². The summed E-state index contributed by atoms with van der Waals surface area (Å²) < 4.78 is 9.73. The lowest BCUT2D eigenvalue weighted by Gasteiger charge is -2.23. The second kappa shape index (κ2) is 5.83. The van der Waals surface area contributed by atoms with Crippen molar-refractivity contribution < 1.29 is 28.7 Å². The maximum absolute atomic E-state index is 12.0. The first-order chi connectivity index (χ1) is 9.22. The number of carbonyl (C=O) groups is 4. The van der Waals surface area contributed by atoms with Gasteiger partial charge in [0, 0.05) is 12.7 Å². The van der Waals surface area contributed by atoms with Crippen LogP contribution < -0.4 is 0 Å². The average Bonchev–Trinajstić information content (AvgIpc) is 2.59. The number of imide groups is 2. The van der Waals surface area contributed by atoms with Crippen molar-refractivity contribution in [1.29, 1.82) is 0 Å². The van der Waals surface area contributed by atoms with Crippen molar-refractivity contribution in [3.8, 4) is 0 Å². The molecule has 8 nitrogen and oxygen atoms in total. The van der Waals surface area contributed by atoms with E-state index in [2.05, 4.69) is 6.58 Å². The van der Waals surface area contributed by atoms with E-state index < -0.39 is 36.3 Å². The number of methoxy groups -OCH3 is 1. The Morgan fingerprint density at radius 3 is 1.95 bits per heavy atom. The number of amides is 4. The molecule has 2 unspecified atom stereocenters. The second-order valence-electron chi connectivity index (χ2n) is 4.25. The Morgan fingerprint density at radius 2 is 1.55 bits per heavy atom. The van der Waals surface area contributed by atoms with Crippen molar-refractivity contribution in [1.82, 2.24) is 9.80 Å². The quantitative estimate of drug-likeness (QED) is 0.310. The summed E-state index contributed by atoms with van der Waals surface area (Å²) in [5, 5.41) is 0. The van der Waals surface area contributed by atoms with Gasteiger partial charge in [0.1, 0.15) is 6.23 Å². The lowest BCUT2D eigenvalue weighted by molar-refractivity contribution is -0.157. The highest BCUT2D eigenvalue weighted by atomic mass is 16.6. The maximum Gasteiger partial charge on any atom is 0.339 e. The molecule has 1 saturated heterocycles. The van der Waals surface area contributed by atoms with Crippen molar-refractivity contribution in [2.45, 2.75) is 33.2 Å². The summed E-state index contributed by atoms with van der Waals surface area (Å²) in [6, 6.07) is -0.892. The molecule has 0 radical (unpaired) electrons. The van der Waals surface area contributed by atoms with Gasteiger partial charge in [-0.1, -0.05) is 6.58 Å². The molecule has 0 aromatic rings. The molecule has 110 valence electrons.